The lowest BCUT2D eigenvalue weighted by Crippen LogP contribution is -2.50. The minimum absolute atomic E-state index is 0.0192. The highest BCUT2D eigenvalue weighted by Crippen LogP contribution is 2.52. The van der Waals surface area contributed by atoms with E-state index in [1.807, 2.05) is 24.3 Å². The molecular formula is C20H23N3O5S. The molecule has 0 saturated carbocycles. The van der Waals surface area contributed by atoms with Gasteiger partial charge in [0, 0.05) is 32.0 Å². The van der Waals surface area contributed by atoms with E-state index in [9.17, 15) is 18.0 Å². The number of likely N-dealkylation sites (tertiary alicyclic amines) is 1. The van der Waals surface area contributed by atoms with E-state index in [-0.39, 0.29) is 36.4 Å². The van der Waals surface area contributed by atoms with Crippen molar-refractivity contribution in [1.82, 2.24) is 14.8 Å². The summed E-state index contributed by atoms with van der Waals surface area (Å²) in [5, 5.41) is 0. The Balaban J connectivity index is 1.32. The van der Waals surface area contributed by atoms with Gasteiger partial charge in [-0.1, -0.05) is 12.2 Å². The predicted molar refractivity (Wildman–Crippen MR) is 103 cm³/mol. The second-order valence-electron chi connectivity index (χ2n) is 8.24. The molecule has 9 heteroatoms. The van der Waals surface area contributed by atoms with E-state index >= 15 is 0 Å². The van der Waals surface area contributed by atoms with Crippen molar-refractivity contribution >= 4 is 21.7 Å². The molecule has 154 valence electrons. The van der Waals surface area contributed by atoms with E-state index in [2.05, 4.69) is 4.98 Å². The maximum absolute atomic E-state index is 13.2. The van der Waals surface area contributed by atoms with Gasteiger partial charge in [0.1, 0.15) is 5.60 Å². The molecule has 3 fully saturated rings. The Bertz CT molecular complexity index is 965. The Kier molecular flexibility index (Phi) is 4.29. The highest BCUT2D eigenvalue weighted by molar-refractivity contribution is 7.91. The van der Waals surface area contributed by atoms with Crippen molar-refractivity contribution < 1.29 is 22.7 Å². The fourth-order valence-corrected chi connectivity index (χ4v) is 6.21. The van der Waals surface area contributed by atoms with Gasteiger partial charge in [-0.3, -0.25) is 14.6 Å². The molecule has 1 spiro atoms. The quantitative estimate of drug-likeness (QED) is 0.622. The third-order valence-electron chi connectivity index (χ3n) is 6.54. The number of aromatic nitrogens is 1. The van der Waals surface area contributed by atoms with Crippen LogP contribution in [0.3, 0.4) is 0 Å². The summed E-state index contributed by atoms with van der Waals surface area (Å²) < 4.78 is 29.5. The number of amides is 2. The lowest BCUT2D eigenvalue weighted by Gasteiger charge is -2.32. The number of ether oxygens (including phenoxy) is 1. The molecule has 8 nitrogen and oxygen atoms in total. The van der Waals surface area contributed by atoms with Crippen molar-refractivity contribution in [3.8, 4) is 0 Å². The Hall–Kier alpha value is -2.26. The van der Waals surface area contributed by atoms with Crippen LogP contribution in [0.1, 0.15) is 5.56 Å². The molecule has 2 amide bonds. The van der Waals surface area contributed by atoms with Crippen LogP contribution in [0.4, 0.5) is 0 Å². The van der Waals surface area contributed by atoms with Gasteiger partial charge in [-0.25, -0.2) is 8.42 Å². The third kappa shape index (κ3) is 3.07. The number of hydrogen-bond acceptors (Lipinski definition) is 6. The second kappa shape index (κ2) is 6.63. The second-order valence-corrected chi connectivity index (χ2v) is 10.5. The molecule has 29 heavy (non-hydrogen) atoms. The van der Waals surface area contributed by atoms with Crippen LogP contribution in [0.2, 0.25) is 0 Å². The average molecular weight is 417 g/mol. The number of hydrogen-bond donors (Lipinski definition) is 0. The van der Waals surface area contributed by atoms with Gasteiger partial charge in [0.2, 0.25) is 11.8 Å². The molecule has 1 aromatic rings. The zero-order chi connectivity index (χ0) is 20.2. The molecule has 2 bridgehead atoms. The largest absolute Gasteiger partial charge is 0.360 e. The predicted octanol–water partition coefficient (Wildman–Crippen LogP) is -0.337. The van der Waals surface area contributed by atoms with Crippen molar-refractivity contribution in [2.45, 2.75) is 18.1 Å². The molecular weight excluding hydrogens is 394 g/mol. The zero-order valence-corrected chi connectivity index (χ0v) is 16.8. The number of fused-ring (bicyclic) bond motifs is 1. The van der Waals surface area contributed by atoms with Gasteiger partial charge in [0.05, 0.1) is 36.0 Å². The van der Waals surface area contributed by atoms with E-state index in [1.165, 1.54) is 0 Å². The number of carbonyl (C=O) groups is 2. The minimum Gasteiger partial charge on any atom is -0.360 e. The van der Waals surface area contributed by atoms with Gasteiger partial charge in [-0.05, 0) is 24.1 Å². The van der Waals surface area contributed by atoms with Crippen LogP contribution in [0.25, 0.3) is 0 Å². The molecule has 4 aliphatic rings. The lowest BCUT2D eigenvalue weighted by molar-refractivity contribution is -0.143. The molecule has 5 rings (SSSR count). The van der Waals surface area contributed by atoms with E-state index in [4.69, 9.17) is 4.74 Å². The smallest absolute Gasteiger partial charge is 0.230 e. The highest BCUT2D eigenvalue weighted by Gasteiger charge is 2.67. The van der Waals surface area contributed by atoms with Crippen LogP contribution >= 0.6 is 0 Å². The van der Waals surface area contributed by atoms with E-state index < -0.39 is 33.4 Å². The van der Waals surface area contributed by atoms with Crippen molar-refractivity contribution in [3.63, 3.8) is 0 Å². The van der Waals surface area contributed by atoms with Gasteiger partial charge in [-0.15, -0.1) is 0 Å². The van der Waals surface area contributed by atoms with Crippen molar-refractivity contribution in [1.29, 1.82) is 0 Å². The van der Waals surface area contributed by atoms with Crippen LogP contribution in [0.15, 0.2) is 36.7 Å². The first kappa shape index (κ1) is 18.7. The number of rotatable bonds is 4. The van der Waals surface area contributed by atoms with Crippen molar-refractivity contribution in [2.75, 3.05) is 37.7 Å². The maximum atomic E-state index is 13.2. The van der Waals surface area contributed by atoms with Gasteiger partial charge < -0.3 is 14.5 Å². The summed E-state index contributed by atoms with van der Waals surface area (Å²) in [5.74, 6) is -1.34. The normalized spacial score (nSPS) is 34.6. The fourth-order valence-electron chi connectivity index (χ4n) is 5.01. The number of carbonyl (C=O) groups excluding carboxylic acids is 2. The lowest BCUT2D eigenvalue weighted by atomic mass is 9.76. The Morgan fingerprint density at radius 1 is 1.24 bits per heavy atom. The summed E-state index contributed by atoms with van der Waals surface area (Å²) in [7, 11) is -3.07. The molecule has 0 N–H and O–H groups in total. The summed E-state index contributed by atoms with van der Waals surface area (Å²) in [6.45, 7) is 1.39. The van der Waals surface area contributed by atoms with E-state index in [0.29, 0.717) is 19.5 Å². The van der Waals surface area contributed by atoms with Crippen LogP contribution in [-0.4, -0.2) is 84.4 Å². The topological polar surface area (TPSA) is 96.9 Å². The first-order valence-electron chi connectivity index (χ1n) is 9.93. The molecule has 4 aliphatic heterocycles. The van der Waals surface area contributed by atoms with Gasteiger partial charge >= 0.3 is 0 Å². The van der Waals surface area contributed by atoms with Crippen LogP contribution in [0, 0.1) is 11.8 Å². The highest BCUT2D eigenvalue weighted by atomic mass is 32.2. The number of nitrogens with zero attached hydrogens (tertiary/aromatic N) is 3. The first-order chi connectivity index (χ1) is 13.9. The van der Waals surface area contributed by atoms with E-state index in [0.717, 1.165) is 5.56 Å². The molecule has 4 atom stereocenters. The SMILES string of the molecule is O=C(C1C2C(=O)N(CCc3ccncc3)C[C@@]23C=C[C@@H]1O3)N1CCS(=O)(=O)CC1. The average Bonchev–Trinajstić information content (AvgIpc) is 3.35. The third-order valence-corrected chi connectivity index (χ3v) is 8.15. The standard InChI is InChI=1S/C20H23N3O5S/c24-18(22-9-11-29(26,27)12-10-22)16-15-1-5-20(28-15)13-23(19(25)17(16)20)8-4-14-2-6-21-7-3-14/h1-3,5-7,15-17H,4,8-13H2/t15-,16?,17?,20-/m0/s1. The van der Waals surface area contributed by atoms with Crippen LogP contribution < -0.4 is 0 Å². The van der Waals surface area contributed by atoms with Gasteiger partial charge in [0.25, 0.3) is 0 Å². The molecule has 5 heterocycles. The summed E-state index contributed by atoms with van der Waals surface area (Å²) in [6, 6.07) is 3.86. The molecule has 3 saturated heterocycles. The molecule has 2 unspecified atom stereocenters. The molecule has 0 aliphatic carbocycles. The number of sulfone groups is 1. The summed E-state index contributed by atoms with van der Waals surface area (Å²) in [5.41, 5.74) is 0.368. The monoisotopic (exact) mass is 417 g/mol. The molecule has 0 radical (unpaired) electrons. The van der Waals surface area contributed by atoms with Crippen molar-refractivity contribution in [2.24, 2.45) is 11.8 Å². The fraction of sp³-hybridized carbons (Fsp3) is 0.550. The van der Waals surface area contributed by atoms with Crippen molar-refractivity contribution in [3.05, 3.63) is 42.2 Å². The Morgan fingerprint density at radius 3 is 2.69 bits per heavy atom. The summed E-state index contributed by atoms with van der Waals surface area (Å²) >= 11 is 0. The van der Waals surface area contributed by atoms with Gasteiger partial charge in [0.15, 0.2) is 9.84 Å². The maximum Gasteiger partial charge on any atom is 0.230 e. The number of pyridine rings is 1. The zero-order valence-electron chi connectivity index (χ0n) is 15.9. The Morgan fingerprint density at radius 2 is 1.97 bits per heavy atom. The summed E-state index contributed by atoms with van der Waals surface area (Å²) in [6.07, 6.45) is 7.60. The molecule has 0 aromatic carbocycles. The summed E-state index contributed by atoms with van der Waals surface area (Å²) in [4.78, 5) is 33.8. The van der Waals surface area contributed by atoms with Gasteiger partial charge in [-0.2, -0.15) is 0 Å². The minimum atomic E-state index is -3.07. The molecule has 1 aromatic heterocycles. The first-order valence-corrected chi connectivity index (χ1v) is 11.7. The van der Waals surface area contributed by atoms with E-state index in [1.54, 1.807) is 22.2 Å². The van der Waals surface area contributed by atoms with Crippen LogP contribution in [-0.2, 0) is 30.6 Å². The van der Waals surface area contributed by atoms with Crippen LogP contribution in [0.5, 0.6) is 0 Å². The Labute approximate surface area is 169 Å².